The Morgan fingerprint density at radius 3 is 2.32 bits per heavy atom. The molecule has 0 bridgehead atoms. The van der Waals surface area contributed by atoms with E-state index < -0.39 is 5.97 Å². The van der Waals surface area contributed by atoms with Crippen molar-refractivity contribution in [2.45, 2.75) is 19.5 Å². The monoisotopic (exact) mass is 558 g/mol. The van der Waals surface area contributed by atoms with Crippen LogP contribution in [0, 0.1) is 0 Å². The van der Waals surface area contributed by atoms with E-state index in [1.807, 2.05) is 18.2 Å². The molecule has 0 spiro atoms. The fourth-order valence-electron chi connectivity index (χ4n) is 4.36. The number of carbonyl (C=O) groups is 2. The molecular weight excluding hydrogens is 528 g/mol. The second-order valence-electron chi connectivity index (χ2n) is 8.43. The van der Waals surface area contributed by atoms with Crippen molar-refractivity contribution in [3.63, 3.8) is 0 Å². The summed E-state index contributed by atoms with van der Waals surface area (Å²) in [5.74, 6) is 0.637. The number of hydrogen-bond donors (Lipinski definition) is 1. The van der Waals surface area contributed by atoms with E-state index in [4.69, 9.17) is 18.9 Å². The minimum Gasteiger partial charge on any atom is -0.493 e. The number of anilines is 1. The van der Waals surface area contributed by atoms with E-state index in [1.165, 1.54) is 51.4 Å². The SMILES string of the molecule is COC(=O)c1c(NC(=O)/C=C/c2cc(OC)c(OC)c(OC)c2)sc2c1CCN(Cc1ccccc1)C2.Cl. The maximum Gasteiger partial charge on any atom is 0.341 e. The van der Waals surface area contributed by atoms with Crippen LogP contribution < -0.4 is 19.5 Å². The van der Waals surface area contributed by atoms with Crippen molar-refractivity contribution in [1.82, 2.24) is 4.90 Å². The van der Waals surface area contributed by atoms with Gasteiger partial charge < -0.3 is 24.3 Å². The molecule has 2 heterocycles. The highest BCUT2D eigenvalue weighted by Gasteiger charge is 2.29. The molecule has 0 saturated heterocycles. The number of nitrogens with zero attached hydrogens (tertiary/aromatic N) is 1. The second kappa shape index (κ2) is 13.3. The van der Waals surface area contributed by atoms with Crippen molar-refractivity contribution in [1.29, 1.82) is 0 Å². The Morgan fingerprint density at radius 1 is 1.03 bits per heavy atom. The van der Waals surface area contributed by atoms with Crippen LogP contribution in [0.3, 0.4) is 0 Å². The van der Waals surface area contributed by atoms with Gasteiger partial charge in [-0.25, -0.2) is 4.79 Å². The fraction of sp³-hybridized carbons (Fsp3) is 0.286. The molecule has 0 atom stereocenters. The Kier molecular flexibility index (Phi) is 10.2. The van der Waals surface area contributed by atoms with E-state index in [1.54, 1.807) is 18.2 Å². The zero-order valence-electron chi connectivity index (χ0n) is 21.7. The molecule has 0 aliphatic carbocycles. The van der Waals surface area contributed by atoms with E-state index in [0.717, 1.165) is 23.5 Å². The topological polar surface area (TPSA) is 86.3 Å². The molecule has 1 aromatic heterocycles. The predicted octanol–water partition coefficient (Wildman–Crippen LogP) is 5.19. The first kappa shape index (κ1) is 29.0. The molecule has 3 aromatic rings. The molecule has 0 fully saturated rings. The maximum absolute atomic E-state index is 12.9. The van der Waals surface area contributed by atoms with E-state index in [0.29, 0.717) is 46.3 Å². The third kappa shape index (κ3) is 6.48. The second-order valence-corrected chi connectivity index (χ2v) is 9.53. The van der Waals surface area contributed by atoms with Gasteiger partial charge in [0.15, 0.2) is 11.5 Å². The van der Waals surface area contributed by atoms with E-state index in [2.05, 4.69) is 22.3 Å². The summed E-state index contributed by atoms with van der Waals surface area (Å²) in [7, 11) is 5.95. The molecule has 1 aliphatic heterocycles. The van der Waals surface area contributed by atoms with E-state index in [-0.39, 0.29) is 18.3 Å². The van der Waals surface area contributed by atoms with Gasteiger partial charge in [-0.2, -0.15) is 0 Å². The Labute approximate surface area is 232 Å². The molecule has 8 nitrogen and oxygen atoms in total. The summed E-state index contributed by atoms with van der Waals surface area (Å²) in [6, 6.07) is 13.8. The summed E-state index contributed by atoms with van der Waals surface area (Å²) in [6.45, 7) is 2.35. The lowest BCUT2D eigenvalue weighted by Gasteiger charge is -2.27. The van der Waals surface area contributed by atoms with Gasteiger partial charge in [-0.3, -0.25) is 9.69 Å². The number of esters is 1. The van der Waals surface area contributed by atoms with Gasteiger partial charge in [0.2, 0.25) is 11.7 Å². The molecule has 0 saturated carbocycles. The van der Waals surface area contributed by atoms with E-state index >= 15 is 0 Å². The van der Waals surface area contributed by atoms with Gasteiger partial charge in [-0.05, 0) is 41.3 Å². The molecule has 202 valence electrons. The number of ether oxygens (including phenoxy) is 4. The molecule has 10 heteroatoms. The molecular formula is C28H31ClN2O6S. The van der Waals surface area contributed by atoms with Gasteiger partial charge in [0.05, 0.1) is 34.0 Å². The van der Waals surface area contributed by atoms with Crippen molar-refractivity contribution in [3.8, 4) is 17.2 Å². The molecule has 1 amide bonds. The van der Waals surface area contributed by atoms with Crippen LogP contribution in [0.15, 0.2) is 48.5 Å². The van der Waals surface area contributed by atoms with Crippen LogP contribution in [0.1, 0.15) is 31.9 Å². The number of carbonyl (C=O) groups excluding carboxylic acids is 2. The third-order valence-electron chi connectivity index (χ3n) is 6.13. The lowest BCUT2D eigenvalue weighted by Crippen LogP contribution is -2.29. The summed E-state index contributed by atoms with van der Waals surface area (Å²) in [6.07, 6.45) is 3.76. The average molecular weight is 559 g/mol. The normalized spacial score (nSPS) is 12.8. The van der Waals surface area contributed by atoms with Crippen LogP contribution in [-0.4, -0.2) is 51.8 Å². The van der Waals surface area contributed by atoms with Crippen LogP contribution in [0.5, 0.6) is 17.2 Å². The minimum atomic E-state index is -0.446. The summed E-state index contributed by atoms with van der Waals surface area (Å²) in [5.41, 5.74) is 3.32. The van der Waals surface area contributed by atoms with Gasteiger partial charge in [0.25, 0.3) is 0 Å². The molecule has 38 heavy (non-hydrogen) atoms. The van der Waals surface area contributed by atoms with Gasteiger partial charge in [0.1, 0.15) is 5.00 Å². The third-order valence-corrected chi connectivity index (χ3v) is 7.26. The van der Waals surface area contributed by atoms with Crippen molar-refractivity contribution in [2.75, 3.05) is 40.3 Å². The number of fused-ring (bicyclic) bond motifs is 1. The Morgan fingerprint density at radius 2 is 1.71 bits per heavy atom. The van der Waals surface area contributed by atoms with Crippen LogP contribution in [0.4, 0.5) is 5.00 Å². The average Bonchev–Trinajstić information content (AvgIpc) is 3.28. The summed E-state index contributed by atoms with van der Waals surface area (Å²) in [4.78, 5) is 28.9. The number of methoxy groups -OCH3 is 4. The van der Waals surface area contributed by atoms with Crippen LogP contribution >= 0.6 is 23.7 Å². The lowest BCUT2D eigenvalue weighted by molar-refractivity contribution is -0.111. The van der Waals surface area contributed by atoms with Crippen molar-refractivity contribution in [3.05, 3.63) is 75.7 Å². The number of benzene rings is 2. The standard InChI is InChI=1S/C28H30N2O6S.ClH/c1-33-21-14-19(15-22(34-2)26(21)35-3)10-11-24(31)29-27-25(28(32)36-4)20-12-13-30(17-23(20)37-27)16-18-8-6-5-7-9-18;/h5-11,14-15H,12-13,16-17H2,1-4H3,(H,29,31);1H/b11-10+;. The smallest absolute Gasteiger partial charge is 0.341 e. The van der Waals surface area contributed by atoms with Gasteiger partial charge in [-0.1, -0.05) is 30.3 Å². The maximum atomic E-state index is 12.9. The number of rotatable bonds is 9. The highest BCUT2D eigenvalue weighted by Crippen LogP contribution is 2.39. The summed E-state index contributed by atoms with van der Waals surface area (Å²) in [5, 5.41) is 3.38. The first-order valence-electron chi connectivity index (χ1n) is 11.8. The molecule has 1 N–H and O–H groups in total. The number of halogens is 1. The van der Waals surface area contributed by atoms with Crippen molar-refractivity contribution < 1.29 is 28.5 Å². The van der Waals surface area contributed by atoms with Crippen LogP contribution in [-0.2, 0) is 29.0 Å². The molecule has 0 radical (unpaired) electrons. The van der Waals surface area contributed by atoms with Crippen LogP contribution in [0.2, 0.25) is 0 Å². The van der Waals surface area contributed by atoms with Crippen molar-refractivity contribution in [2.24, 2.45) is 0 Å². The highest BCUT2D eigenvalue weighted by molar-refractivity contribution is 7.17. The molecule has 2 aromatic carbocycles. The Hall–Kier alpha value is -3.53. The van der Waals surface area contributed by atoms with Crippen LogP contribution in [0.25, 0.3) is 6.08 Å². The molecule has 0 unspecified atom stereocenters. The number of hydrogen-bond acceptors (Lipinski definition) is 8. The number of amides is 1. The first-order chi connectivity index (χ1) is 18.0. The highest BCUT2D eigenvalue weighted by atomic mass is 35.5. The van der Waals surface area contributed by atoms with Gasteiger partial charge in [-0.15, -0.1) is 23.7 Å². The van der Waals surface area contributed by atoms with Crippen molar-refractivity contribution >= 4 is 46.7 Å². The zero-order chi connectivity index (χ0) is 26.4. The first-order valence-corrected chi connectivity index (χ1v) is 12.6. The Bertz CT molecular complexity index is 1280. The minimum absolute atomic E-state index is 0. The molecule has 4 rings (SSSR count). The fourth-order valence-corrected chi connectivity index (χ4v) is 5.64. The zero-order valence-corrected chi connectivity index (χ0v) is 23.4. The largest absolute Gasteiger partial charge is 0.493 e. The Balaban J connectivity index is 0.00000400. The number of nitrogens with one attached hydrogen (secondary N) is 1. The summed E-state index contributed by atoms with van der Waals surface area (Å²) >= 11 is 1.42. The quantitative estimate of drug-likeness (QED) is 0.285. The van der Waals surface area contributed by atoms with E-state index in [9.17, 15) is 9.59 Å². The van der Waals surface area contributed by atoms with Gasteiger partial charge >= 0.3 is 5.97 Å². The lowest BCUT2D eigenvalue weighted by atomic mass is 10.0. The predicted molar refractivity (Wildman–Crippen MR) is 151 cm³/mol. The summed E-state index contributed by atoms with van der Waals surface area (Å²) < 4.78 is 21.1. The number of thiophene rings is 1. The molecule has 1 aliphatic rings. The van der Waals surface area contributed by atoms with Gasteiger partial charge in [0, 0.05) is 30.6 Å².